The fraction of sp³-hybridized carbons (Fsp3) is 0.423. The molecular weight excluding hydrogens is 503 g/mol. The minimum absolute atomic E-state index is 0.0205. The van der Waals surface area contributed by atoms with Crippen molar-refractivity contribution in [2.75, 3.05) is 30.5 Å². The number of nitrogens with zero attached hydrogens (tertiary/aromatic N) is 1. The number of carbonyl (C=O) groups is 3. The van der Waals surface area contributed by atoms with Crippen molar-refractivity contribution in [3.05, 3.63) is 52.3 Å². The maximum atomic E-state index is 15.0. The summed E-state index contributed by atoms with van der Waals surface area (Å²) >= 11 is 0. The number of imide groups is 1. The van der Waals surface area contributed by atoms with Crippen molar-refractivity contribution in [3.63, 3.8) is 0 Å². The summed E-state index contributed by atoms with van der Waals surface area (Å²) < 4.78 is 51.5. The minimum Gasteiger partial charge on any atom is -0.493 e. The largest absolute Gasteiger partial charge is 0.493 e. The van der Waals surface area contributed by atoms with Gasteiger partial charge in [-0.1, -0.05) is 26.8 Å². The SMILES string of the molecule is CCOc1cc([C@@H](CS(=O)(=O)CC)N2C(=O)c3c(NC(=O)CC)cc(F)c(CC)c3C2=O)ccc1OC. The molecule has 0 fully saturated rings. The average molecular weight is 535 g/mol. The molecule has 200 valence electrons. The number of hydrogen-bond donors (Lipinski definition) is 1. The van der Waals surface area contributed by atoms with E-state index in [1.54, 1.807) is 32.9 Å². The molecule has 1 aliphatic heterocycles. The molecule has 0 saturated heterocycles. The number of fused-ring (bicyclic) bond motifs is 1. The zero-order valence-corrected chi connectivity index (χ0v) is 22.3. The van der Waals surface area contributed by atoms with Gasteiger partial charge in [0.1, 0.15) is 5.82 Å². The number of anilines is 1. The van der Waals surface area contributed by atoms with Gasteiger partial charge in [-0.05, 0) is 37.1 Å². The monoisotopic (exact) mass is 534 g/mol. The molecule has 0 unspecified atom stereocenters. The Labute approximate surface area is 215 Å². The van der Waals surface area contributed by atoms with Crippen LogP contribution < -0.4 is 14.8 Å². The lowest BCUT2D eigenvalue weighted by molar-refractivity contribution is -0.115. The summed E-state index contributed by atoms with van der Waals surface area (Å²) in [7, 11) is -2.25. The van der Waals surface area contributed by atoms with E-state index in [-0.39, 0.29) is 41.0 Å². The van der Waals surface area contributed by atoms with E-state index >= 15 is 0 Å². The number of hydrogen-bond acceptors (Lipinski definition) is 7. The van der Waals surface area contributed by atoms with Gasteiger partial charge in [0.15, 0.2) is 21.3 Å². The number of methoxy groups -OCH3 is 1. The van der Waals surface area contributed by atoms with Crippen molar-refractivity contribution >= 4 is 33.2 Å². The van der Waals surface area contributed by atoms with Gasteiger partial charge in [0.25, 0.3) is 11.8 Å². The third-order valence-corrected chi connectivity index (χ3v) is 7.93. The summed E-state index contributed by atoms with van der Waals surface area (Å²) in [5, 5.41) is 2.50. The normalized spacial score (nSPS) is 13.9. The molecule has 2 aromatic rings. The highest BCUT2D eigenvalue weighted by Gasteiger charge is 2.45. The topological polar surface area (TPSA) is 119 Å². The summed E-state index contributed by atoms with van der Waals surface area (Å²) in [5.74, 6) is -2.90. The first kappa shape index (κ1) is 28.1. The molecule has 11 heteroatoms. The van der Waals surface area contributed by atoms with Crippen LogP contribution in [-0.2, 0) is 21.1 Å². The van der Waals surface area contributed by atoms with Gasteiger partial charge < -0.3 is 14.8 Å². The minimum atomic E-state index is -3.70. The van der Waals surface area contributed by atoms with Crippen LogP contribution in [0.4, 0.5) is 10.1 Å². The highest BCUT2D eigenvalue weighted by molar-refractivity contribution is 7.91. The Morgan fingerprint density at radius 2 is 1.73 bits per heavy atom. The Morgan fingerprint density at radius 1 is 1.05 bits per heavy atom. The Balaban J connectivity index is 2.24. The number of amides is 3. The predicted octanol–water partition coefficient (Wildman–Crippen LogP) is 3.92. The predicted molar refractivity (Wildman–Crippen MR) is 136 cm³/mol. The van der Waals surface area contributed by atoms with Crippen LogP contribution in [0, 0.1) is 5.82 Å². The number of sulfone groups is 1. The standard InChI is InChI=1S/C26H31FN2O7S/c1-6-16-17(27)13-18(28-22(30)7-2)24-23(16)25(31)29(26(24)32)19(14-37(33,34)9-4)15-10-11-20(35-5)21(12-15)36-8-3/h10-13,19H,6-9,14H2,1-5H3,(H,28,30)/t19-/m1/s1. The Kier molecular flexibility index (Phi) is 8.57. The van der Waals surface area contributed by atoms with Crippen LogP contribution in [0.15, 0.2) is 24.3 Å². The van der Waals surface area contributed by atoms with E-state index in [2.05, 4.69) is 5.32 Å². The van der Waals surface area contributed by atoms with Crippen LogP contribution in [0.2, 0.25) is 0 Å². The summed E-state index contributed by atoms with van der Waals surface area (Å²) in [6.07, 6.45) is 0.180. The first-order valence-corrected chi connectivity index (χ1v) is 13.9. The highest BCUT2D eigenvalue weighted by Crippen LogP contribution is 2.40. The molecule has 3 rings (SSSR count). The van der Waals surface area contributed by atoms with Crippen LogP contribution >= 0.6 is 0 Å². The van der Waals surface area contributed by atoms with Crippen LogP contribution in [0.1, 0.15) is 72.0 Å². The summed E-state index contributed by atoms with van der Waals surface area (Å²) in [5.41, 5.74) is -0.0984. The van der Waals surface area contributed by atoms with Gasteiger partial charge in [0, 0.05) is 17.7 Å². The molecular formula is C26H31FN2O7S. The van der Waals surface area contributed by atoms with E-state index in [4.69, 9.17) is 9.47 Å². The molecule has 0 saturated carbocycles. The second-order valence-electron chi connectivity index (χ2n) is 8.43. The Hall–Kier alpha value is -3.47. The fourth-order valence-electron chi connectivity index (χ4n) is 4.30. The molecule has 0 aliphatic carbocycles. The summed E-state index contributed by atoms with van der Waals surface area (Å²) in [4.78, 5) is 40.5. The molecule has 0 radical (unpaired) electrons. The lowest BCUT2D eigenvalue weighted by Crippen LogP contribution is -2.38. The molecule has 0 aromatic heterocycles. The Morgan fingerprint density at radius 3 is 2.30 bits per heavy atom. The van der Waals surface area contributed by atoms with E-state index in [0.29, 0.717) is 23.7 Å². The van der Waals surface area contributed by atoms with Gasteiger partial charge in [-0.2, -0.15) is 0 Å². The van der Waals surface area contributed by atoms with Gasteiger partial charge in [-0.3, -0.25) is 19.3 Å². The maximum Gasteiger partial charge on any atom is 0.264 e. The highest BCUT2D eigenvalue weighted by atomic mass is 32.2. The molecule has 2 aromatic carbocycles. The molecule has 0 spiro atoms. The van der Waals surface area contributed by atoms with Crippen LogP contribution in [0.5, 0.6) is 11.5 Å². The van der Waals surface area contributed by atoms with Gasteiger partial charge in [-0.15, -0.1) is 0 Å². The van der Waals surface area contributed by atoms with Gasteiger partial charge in [-0.25, -0.2) is 12.8 Å². The molecule has 1 heterocycles. The molecule has 9 nitrogen and oxygen atoms in total. The molecule has 1 atom stereocenters. The van der Waals surface area contributed by atoms with E-state index in [1.165, 1.54) is 20.1 Å². The van der Waals surface area contributed by atoms with Gasteiger partial charge in [0.05, 0.1) is 42.3 Å². The number of benzene rings is 2. The maximum absolute atomic E-state index is 15.0. The van der Waals surface area contributed by atoms with E-state index in [0.717, 1.165) is 11.0 Å². The summed E-state index contributed by atoms with van der Waals surface area (Å²) in [6, 6.07) is 4.45. The zero-order chi connectivity index (χ0) is 27.5. The fourth-order valence-corrected chi connectivity index (χ4v) is 5.35. The van der Waals surface area contributed by atoms with Crippen molar-refractivity contribution in [1.29, 1.82) is 0 Å². The zero-order valence-electron chi connectivity index (χ0n) is 21.5. The van der Waals surface area contributed by atoms with E-state index < -0.39 is 45.2 Å². The molecule has 37 heavy (non-hydrogen) atoms. The van der Waals surface area contributed by atoms with Gasteiger partial charge in [0.2, 0.25) is 5.91 Å². The number of nitrogens with one attached hydrogen (secondary N) is 1. The molecule has 0 bridgehead atoms. The van der Waals surface area contributed by atoms with Crippen molar-refractivity contribution < 1.29 is 36.7 Å². The number of rotatable bonds is 11. The third-order valence-electron chi connectivity index (χ3n) is 6.23. The van der Waals surface area contributed by atoms with Crippen LogP contribution in [0.25, 0.3) is 0 Å². The lowest BCUT2D eigenvalue weighted by atomic mass is 9.98. The van der Waals surface area contributed by atoms with Crippen molar-refractivity contribution in [2.24, 2.45) is 0 Å². The smallest absolute Gasteiger partial charge is 0.264 e. The van der Waals surface area contributed by atoms with Crippen molar-refractivity contribution in [2.45, 2.75) is 46.6 Å². The van der Waals surface area contributed by atoms with Crippen molar-refractivity contribution in [3.8, 4) is 11.5 Å². The van der Waals surface area contributed by atoms with Crippen molar-refractivity contribution in [1.82, 2.24) is 4.90 Å². The van der Waals surface area contributed by atoms with Crippen LogP contribution in [-0.4, -0.2) is 56.3 Å². The quantitative estimate of drug-likeness (QED) is 0.434. The first-order valence-electron chi connectivity index (χ1n) is 12.1. The first-order chi connectivity index (χ1) is 17.5. The average Bonchev–Trinajstić information content (AvgIpc) is 3.13. The number of halogens is 1. The van der Waals surface area contributed by atoms with Crippen LogP contribution in [0.3, 0.4) is 0 Å². The number of ether oxygens (including phenoxy) is 2. The molecule has 3 amide bonds. The van der Waals surface area contributed by atoms with E-state index in [9.17, 15) is 27.2 Å². The molecule has 1 aliphatic rings. The lowest BCUT2D eigenvalue weighted by Gasteiger charge is -2.27. The second kappa shape index (κ2) is 11.3. The molecule has 1 N–H and O–H groups in total. The Bertz CT molecular complexity index is 1340. The summed E-state index contributed by atoms with van der Waals surface area (Å²) in [6.45, 7) is 6.77. The number of carbonyl (C=O) groups excluding carboxylic acids is 3. The second-order valence-corrected chi connectivity index (χ2v) is 10.8. The van der Waals surface area contributed by atoms with E-state index in [1.807, 2.05) is 0 Å². The van der Waals surface area contributed by atoms with Gasteiger partial charge >= 0.3 is 0 Å². The third kappa shape index (κ3) is 5.46.